The fourth-order valence-electron chi connectivity index (χ4n) is 3.43. The van der Waals surface area contributed by atoms with Gasteiger partial charge in [0.15, 0.2) is 11.5 Å². The highest BCUT2D eigenvalue weighted by Gasteiger charge is 2.20. The monoisotopic (exact) mass is 638 g/mol. The van der Waals surface area contributed by atoms with Crippen LogP contribution in [0.3, 0.4) is 0 Å². The third kappa shape index (κ3) is 8.09. The van der Waals surface area contributed by atoms with Gasteiger partial charge in [-0.05, 0) is 46.1 Å². The first-order chi connectivity index (χ1) is 18.9. The van der Waals surface area contributed by atoms with Crippen molar-refractivity contribution in [2.24, 2.45) is 11.1 Å². The standard InChI is InChI=1S/C25H31BrN6O7S/c1-14(2)19(13-39-25(33)30-16-10-20(36-3)22(38-5)21(11-16)37-4)31-23-18(26)12-28-24(32-23)29-15-6-8-17(9-7-15)40(27,34)35/h6-12,14,19H,13H2,1-5H3,(H,30,33)(H2,27,34,35)(H2,28,29,31,32)/t19-/m0/s1. The zero-order valence-electron chi connectivity index (χ0n) is 22.5. The molecule has 15 heteroatoms. The second-order valence-corrected chi connectivity index (χ2v) is 11.1. The van der Waals surface area contributed by atoms with Gasteiger partial charge < -0.3 is 29.6 Å². The second kappa shape index (κ2) is 13.5. The summed E-state index contributed by atoms with van der Waals surface area (Å²) in [4.78, 5) is 21.3. The third-order valence-corrected chi connectivity index (χ3v) is 7.12. The number of hydrogen-bond donors (Lipinski definition) is 4. The molecular weight excluding hydrogens is 608 g/mol. The number of hydrogen-bond acceptors (Lipinski definition) is 11. The van der Waals surface area contributed by atoms with Gasteiger partial charge in [0.05, 0.1) is 42.4 Å². The summed E-state index contributed by atoms with van der Waals surface area (Å²) in [7, 11) is 0.654. The van der Waals surface area contributed by atoms with Crippen molar-refractivity contribution in [3.8, 4) is 17.2 Å². The van der Waals surface area contributed by atoms with Crippen LogP contribution in [0.15, 0.2) is 52.0 Å². The van der Waals surface area contributed by atoms with Crippen molar-refractivity contribution in [1.29, 1.82) is 0 Å². The molecule has 216 valence electrons. The van der Waals surface area contributed by atoms with Gasteiger partial charge in [-0.3, -0.25) is 5.32 Å². The first kappa shape index (κ1) is 30.7. The molecule has 1 aromatic heterocycles. The van der Waals surface area contributed by atoms with Crippen LogP contribution in [-0.2, 0) is 14.8 Å². The average Bonchev–Trinajstić information content (AvgIpc) is 2.91. The van der Waals surface area contributed by atoms with Gasteiger partial charge in [0.1, 0.15) is 12.4 Å². The summed E-state index contributed by atoms with van der Waals surface area (Å²) in [6.45, 7) is 3.97. The van der Waals surface area contributed by atoms with Gasteiger partial charge in [0, 0.05) is 24.0 Å². The lowest BCUT2D eigenvalue weighted by Gasteiger charge is -2.23. The average molecular weight is 640 g/mol. The van der Waals surface area contributed by atoms with Crippen LogP contribution in [0, 0.1) is 5.92 Å². The van der Waals surface area contributed by atoms with Gasteiger partial charge in [-0.2, -0.15) is 4.98 Å². The van der Waals surface area contributed by atoms with Crippen LogP contribution in [0.1, 0.15) is 13.8 Å². The molecule has 0 aliphatic carbocycles. The number of anilines is 4. The summed E-state index contributed by atoms with van der Waals surface area (Å²) in [5.74, 6) is 1.95. The van der Waals surface area contributed by atoms with Crippen molar-refractivity contribution in [3.05, 3.63) is 47.1 Å². The van der Waals surface area contributed by atoms with Gasteiger partial charge in [0.25, 0.3) is 0 Å². The Bertz CT molecular complexity index is 1410. The summed E-state index contributed by atoms with van der Waals surface area (Å²) in [5, 5.41) is 14.1. The zero-order chi connectivity index (χ0) is 29.4. The van der Waals surface area contributed by atoms with Gasteiger partial charge in [-0.25, -0.2) is 23.3 Å². The van der Waals surface area contributed by atoms with Crippen LogP contribution >= 0.6 is 15.9 Å². The molecule has 1 atom stereocenters. The van der Waals surface area contributed by atoms with Gasteiger partial charge in [-0.1, -0.05) is 13.8 Å². The lowest BCUT2D eigenvalue weighted by atomic mass is 10.1. The highest BCUT2D eigenvalue weighted by molar-refractivity contribution is 9.10. The maximum Gasteiger partial charge on any atom is 0.411 e. The fraction of sp³-hybridized carbons (Fsp3) is 0.320. The number of ether oxygens (including phenoxy) is 4. The summed E-state index contributed by atoms with van der Waals surface area (Å²) in [6.07, 6.45) is 0.889. The summed E-state index contributed by atoms with van der Waals surface area (Å²) in [5.41, 5.74) is 0.966. The molecule has 0 saturated heterocycles. The number of carbonyl (C=O) groups is 1. The molecule has 2 aromatic carbocycles. The highest BCUT2D eigenvalue weighted by atomic mass is 79.9. The molecule has 0 aliphatic heterocycles. The van der Waals surface area contributed by atoms with E-state index in [0.29, 0.717) is 38.9 Å². The Hall–Kier alpha value is -3.82. The number of carbonyl (C=O) groups excluding carboxylic acids is 1. The number of halogens is 1. The van der Waals surface area contributed by atoms with Crippen molar-refractivity contribution in [2.75, 3.05) is 43.9 Å². The first-order valence-electron chi connectivity index (χ1n) is 11.9. The predicted octanol–water partition coefficient (Wildman–Crippen LogP) is 4.34. The lowest BCUT2D eigenvalue weighted by Crippen LogP contribution is -2.33. The molecule has 1 heterocycles. The van der Waals surface area contributed by atoms with E-state index in [1.807, 2.05) is 13.8 Å². The van der Waals surface area contributed by atoms with E-state index in [4.69, 9.17) is 24.1 Å². The number of sulfonamides is 1. The van der Waals surface area contributed by atoms with Crippen LogP contribution in [0.5, 0.6) is 17.2 Å². The first-order valence-corrected chi connectivity index (χ1v) is 14.2. The molecule has 40 heavy (non-hydrogen) atoms. The largest absolute Gasteiger partial charge is 0.493 e. The number of nitrogens with one attached hydrogen (secondary N) is 3. The molecule has 0 aliphatic rings. The maximum absolute atomic E-state index is 12.6. The molecule has 3 aromatic rings. The van der Waals surface area contributed by atoms with Crippen LogP contribution < -0.4 is 35.3 Å². The number of benzene rings is 2. The zero-order valence-corrected chi connectivity index (χ0v) is 24.9. The van der Waals surface area contributed by atoms with Crippen LogP contribution in [0.4, 0.5) is 27.9 Å². The molecule has 0 bridgehead atoms. The molecule has 0 fully saturated rings. The SMILES string of the molecule is COc1cc(NC(=O)OC[C@H](Nc2nc(Nc3ccc(S(N)(=O)=O)cc3)ncc2Br)C(C)C)cc(OC)c1OC. The number of nitrogens with zero attached hydrogens (tertiary/aromatic N) is 2. The van der Waals surface area contributed by atoms with Crippen molar-refractivity contribution >= 4 is 55.2 Å². The second-order valence-electron chi connectivity index (χ2n) is 8.72. The molecule has 0 radical (unpaired) electrons. The van der Waals surface area contributed by atoms with Crippen molar-refractivity contribution in [2.45, 2.75) is 24.8 Å². The Morgan fingerprint density at radius 3 is 2.17 bits per heavy atom. The molecule has 3 rings (SSSR count). The Balaban J connectivity index is 1.67. The number of amides is 1. The number of nitrogens with two attached hydrogens (primary N) is 1. The summed E-state index contributed by atoms with van der Waals surface area (Å²) >= 11 is 3.44. The maximum atomic E-state index is 12.6. The number of aromatic nitrogens is 2. The van der Waals surface area contributed by atoms with E-state index < -0.39 is 16.1 Å². The van der Waals surface area contributed by atoms with E-state index in [9.17, 15) is 13.2 Å². The van der Waals surface area contributed by atoms with Gasteiger partial charge in [0.2, 0.25) is 21.7 Å². The Kier molecular flexibility index (Phi) is 10.4. The molecule has 5 N–H and O–H groups in total. The summed E-state index contributed by atoms with van der Waals surface area (Å²) < 4.78 is 45.0. The quantitative estimate of drug-likeness (QED) is 0.222. The minimum absolute atomic E-state index is 0.00814. The van der Waals surface area contributed by atoms with Crippen molar-refractivity contribution in [3.63, 3.8) is 0 Å². The van der Waals surface area contributed by atoms with Crippen LogP contribution in [0.25, 0.3) is 0 Å². The molecule has 1 amide bonds. The van der Waals surface area contributed by atoms with E-state index in [-0.39, 0.29) is 29.4 Å². The smallest absolute Gasteiger partial charge is 0.411 e. The topological polar surface area (TPSA) is 176 Å². The van der Waals surface area contributed by atoms with Gasteiger partial charge >= 0.3 is 6.09 Å². The predicted molar refractivity (Wildman–Crippen MR) is 154 cm³/mol. The Morgan fingerprint density at radius 1 is 1.02 bits per heavy atom. The molecule has 0 spiro atoms. The molecule has 13 nitrogen and oxygen atoms in total. The van der Waals surface area contributed by atoms with Crippen molar-refractivity contribution in [1.82, 2.24) is 9.97 Å². The summed E-state index contributed by atoms with van der Waals surface area (Å²) in [6, 6.07) is 8.74. The molecule has 0 unspecified atom stereocenters. The van der Waals surface area contributed by atoms with Crippen LogP contribution in [0.2, 0.25) is 0 Å². The highest BCUT2D eigenvalue weighted by Crippen LogP contribution is 2.40. The van der Waals surface area contributed by atoms with E-state index >= 15 is 0 Å². The van der Waals surface area contributed by atoms with E-state index in [1.54, 1.807) is 30.5 Å². The molecule has 0 saturated carbocycles. The van der Waals surface area contributed by atoms with E-state index in [1.165, 1.54) is 33.5 Å². The number of rotatable bonds is 12. The number of primary sulfonamides is 1. The normalized spacial score (nSPS) is 11.9. The van der Waals surface area contributed by atoms with E-state index in [2.05, 4.69) is 41.8 Å². The Morgan fingerprint density at radius 2 is 1.65 bits per heavy atom. The minimum Gasteiger partial charge on any atom is -0.493 e. The van der Waals surface area contributed by atoms with Crippen molar-refractivity contribution < 1.29 is 32.2 Å². The third-order valence-electron chi connectivity index (χ3n) is 5.62. The van der Waals surface area contributed by atoms with E-state index in [0.717, 1.165) is 0 Å². The Labute approximate surface area is 241 Å². The molecular formula is C25H31BrN6O7S. The fourth-order valence-corrected chi connectivity index (χ4v) is 4.26. The van der Waals surface area contributed by atoms with Gasteiger partial charge in [-0.15, -0.1) is 0 Å². The van der Waals surface area contributed by atoms with Crippen LogP contribution in [-0.4, -0.2) is 58.5 Å². The minimum atomic E-state index is -3.80. The number of methoxy groups -OCH3 is 3. The lowest BCUT2D eigenvalue weighted by molar-refractivity contribution is 0.150.